The average Bonchev–Trinajstić information content (AvgIpc) is 1.82. The van der Waals surface area contributed by atoms with Crippen LogP contribution < -0.4 is 5.32 Å². The summed E-state index contributed by atoms with van der Waals surface area (Å²) in [4.78, 5) is 0. The number of alkyl halides is 1. The van der Waals surface area contributed by atoms with Crippen molar-refractivity contribution in [3.8, 4) is 0 Å². The molecular formula is C8H18ClN. The van der Waals surface area contributed by atoms with E-state index in [9.17, 15) is 0 Å². The van der Waals surface area contributed by atoms with Gasteiger partial charge in [-0.1, -0.05) is 20.8 Å². The molecule has 62 valence electrons. The topological polar surface area (TPSA) is 12.0 Å². The van der Waals surface area contributed by atoms with Crippen LogP contribution in [0.25, 0.3) is 0 Å². The largest absolute Gasteiger partial charge is 0.316 e. The molecule has 0 heterocycles. The van der Waals surface area contributed by atoms with Gasteiger partial charge in [0.05, 0.1) is 0 Å². The number of hydrogen-bond acceptors (Lipinski definition) is 1. The minimum Gasteiger partial charge on any atom is -0.316 e. The minimum absolute atomic E-state index is 0.306. The van der Waals surface area contributed by atoms with E-state index in [1.54, 1.807) is 0 Å². The van der Waals surface area contributed by atoms with Crippen molar-refractivity contribution >= 4 is 11.6 Å². The summed E-state index contributed by atoms with van der Waals surface area (Å²) in [6.07, 6.45) is 1.11. The molecule has 0 bridgehead atoms. The Morgan fingerprint density at radius 1 is 1.40 bits per heavy atom. The second-order valence-electron chi connectivity index (χ2n) is 3.03. The molecule has 0 aromatic carbocycles. The molecule has 0 aliphatic rings. The first-order chi connectivity index (χ1) is 4.66. The van der Waals surface area contributed by atoms with E-state index < -0.39 is 0 Å². The molecule has 0 aromatic heterocycles. The van der Waals surface area contributed by atoms with Crippen LogP contribution in [0.3, 0.4) is 0 Å². The number of nitrogens with one attached hydrogen (secondary N) is 1. The first-order valence-corrected chi connectivity index (χ1v) is 4.45. The highest BCUT2D eigenvalue weighted by atomic mass is 35.5. The molecule has 1 nitrogen and oxygen atoms in total. The maximum Gasteiger partial charge on any atom is 0.0463 e. The van der Waals surface area contributed by atoms with Crippen molar-refractivity contribution in [2.75, 3.05) is 13.1 Å². The molecule has 0 amide bonds. The van der Waals surface area contributed by atoms with E-state index >= 15 is 0 Å². The molecule has 1 atom stereocenters. The van der Waals surface area contributed by atoms with E-state index in [1.165, 1.54) is 0 Å². The summed E-state index contributed by atoms with van der Waals surface area (Å²) in [7, 11) is 0. The molecule has 0 aliphatic heterocycles. The molecule has 0 saturated heterocycles. The maximum atomic E-state index is 5.99. The molecule has 0 aliphatic carbocycles. The third-order valence-corrected chi connectivity index (χ3v) is 1.68. The van der Waals surface area contributed by atoms with Crippen molar-refractivity contribution in [1.82, 2.24) is 5.32 Å². The van der Waals surface area contributed by atoms with Crippen LogP contribution in [-0.2, 0) is 0 Å². The Balaban J connectivity index is 3.16. The molecule has 0 aromatic rings. The molecule has 0 rings (SSSR count). The summed E-state index contributed by atoms with van der Waals surface area (Å²) in [5.41, 5.74) is 0. The lowest BCUT2D eigenvalue weighted by Gasteiger charge is -2.11. The second kappa shape index (κ2) is 5.99. The molecular weight excluding hydrogens is 146 g/mol. The fourth-order valence-electron chi connectivity index (χ4n) is 0.896. The summed E-state index contributed by atoms with van der Waals surface area (Å²) >= 11 is 5.99. The van der Waals surface area contributed by atoms with Crippen LogP contribution in [0, 0.1) is 5.92 Å². The fourth-order valence-corrected chi connectivity index (χ4v) is 1.36. The summed E-state index contributed by atoms with van der Waals surface area (Å²) in [5, 5.41) is 3.53. The van der Waals surface area contributed by atoms with E-state index in [-0.39, 0.29) is 0 Å². The summed E-state index contributed by atoms with van der Waals surface area (Å²) < 4.78 is 0. The molecule has 2 heteroatoms. The molecule has 0 saturated carbocycles. The minimum atomic E-state index is 0.306. The number of rotatable bonds is 5. The van der Waals surface area contributed by atoms with Gasteiger partial charge < -0.3 is 5.32 Å². The zero-order chi connectivity index (χ0) is 7.98. The van der Waals surface area contributed by atoms with Gasteiger partial charge in [-0.05, 0) is 18.9 Å². The maximum absolute atomic E-state index is 5.99. The fraction of sp³-hybridized carbons (Fsp3) is 1.00. The third kappa shape index (κ3) is 6.37. The first kappa shape index (κ1) is 10.2. The van der Waals surface area contributed by atoms with Gasteiger partial charge >= 0.3 is 0 Å². The lowest BCUT2D eigenvalue weighted by molar-refractivity contribution is 0.539. The van der Waals surface area contributed by atoms with Gasteiger partial charge in [0.25, 0.3) is 0 Å². The van der Waals surface area contributed by atoms with Crippen LogP contribution in [0.4, 0.5) is 0 Å². The van der Waals surface area contributed by atoms with Crippen LogP contribution in [0.5, 0.6) is 0 Å². The second-order valence-corrected chi connectivity index (χ2v) is 3.65. The Bertz CT molecular complexity index is 73.7. The normalized spacial score (nSPS) is 14.1. The van der Waals surface area contributed by atoms with Gasteiger partial charge in [0.1, 0.15) is 0 Å². The lowest BCUT2D eigenvalue weighted by atomic mass is 10.1. The highest BCUT2D eigenvalue weighted by Gasteiger charge is 2.04. The van der Waals surface area contributed by atoms with Gasteiger partial charge in [-0.3, -0.25) is 0 Å². The van der Waals surface area contributed by atoms with Crippen LogP contribution in [-0.4, -0.2) is 18.5 Å². The highest BCUT2D eigenvalue weighted by Crippen LogP contribution is 2.08. The zero-order valence-electron chi connectivity index (χ0n) is 7.15. The molecule has 0 radical (unpaired) electrons. The van der Waals surface area contributed by atoms with Gasteiger partial charge in [0.15, 0.2) is 0 Å². The Hall–Kier alpha value is 0.250. The van der Waals surface area contributed by atoms with Gasteiger partial charge in [-0.2, -0.15) is 0 Å². The van der Waals surface area contributed by atoms with Crippen LogP contribution in [0.15, 0.2) is 0 Å². The van der Waals surface area contributed by atoms with Crippen molar-refractivity contribution in [2.24, 2.45) is 5.92 Å². The van der Waals surface area contributed by atoms with Crippen LogP contribution in [0.2, 0.25) is 0 Å². The van der Waals surface area contributed by atoms with Crippen molar-refractivity contribution in [3.05, 3.63) is 0 Å². The predicted molar refractivity (Wildman–Crippen MR) is 47.6 cm³/mol. The first-order valence-electron chi connectivity index (χ1n) is 4.01. The summed E-state index contributed by atoms with van der Waals surface area (Å²) in [6.45, 7) is 8.44. The summed E-state index contributed by atoms with van der Waals surface area (Å²) in [6, 6.07) is 0. The van der Waals surface area contributed by atoms with Crippen molar-refractivity contribution in [2.45, 2.75) is 32.6 Å². The lowest BCUT2D eigenvalue weighted by Crippen LogP contribution is -2.23. The predicted octanol–water partition coefficient (Wildman–Crippen LogP) is 2.25. The standard InChI is InChI=1S/C8H18ClN/c1-4-10-6-8(9)5-7(2)3/h7-8,10H,4-6H2,1-3H3. The van der Waals surface area contributed by atoms with E-state index in [4.69, 9.17) is 11.6 Å². The molecule has 1 N–H and O–H groups in total. The monoisotopic (exact) mass is 163 g/mol. The number of hydrogen-bond donors (Lipinski definition) is 1. The Labute approximate surface area is 69.1 Å². The molecule has 1 unspecified atom stereocenters. The van der Waals surface area contributed by atoms with E-state index in [0.29, 0.717) is 11.3 Å². The average molecular weight is 164 g/mol. The van der Waals surface area contributed by atoms with E-state index in [1.807, 2.05) is 0 Å². The smallest absolute Gasteiger partial charge is 0.0463 e. The van der Waals surface area contributed by atoms with Gasteiger partial charge in [-0.25, -0.2) is 0 Å². The SMILES string of the molecule is CCNCC(Cl)CC(C)C. The third-order valence-electron chi connectivity index (χ3n) is 1.34. The molecule has 10 heavy (non-hydrogen) atoms. The van der Waals surface area contributed by atoms with Crippen LogP contribution >= 0.6 is 11.6 Å². The molecule has 0 spiro atoms. The van der Waals surface area contributed by atoms with Gasteiger partial charge in [-0.15, -0.1) is 11.6 Å². The quantitative estimate of drug-likeness (QED) is 0.614. The van der Waals surface area contributed by atoms with Gasteiger partial charge in [0, 0.05) is 11.9 Å². The highest BCUT2D eigenvalue weighted by molar-refractivity contribution is 6.20. The Kier molecular flexibility index (Phi) is 6.14. The van der Waals surface area contributed by atoms with Crippen molar-refractivity contribution in [3.63, 3.8) is 0 Å². The van der Waals surface area contributed by atoms with Crippen LogP contribution in [0.1, 0.15) is 27.2 Å². The van der Waals surface area contributed by atoms with Crippen molar-refractivity contribution in [1.29, 1.82) is 0 Å². The Morgan fingerprint density at radius 3 is 2.40 bits per heavy atom. The number of halogens is 1. The molecule has 0 fully saturated rings. The Morgan fingerprint density at radius 2 is 2.00 bits per heavy atom. The summed E-state index contributed by atoms with van der Waals surface area (Å²) in [5.74, 6) is 0.709. The van der Waals surface area contributed by atoms with E-state index in [0.717, 1.165) is 19.5 Å². The van der Waals surface area contributed by atoms with E-state index in [2.05, 4.69) is 26.1 Å². The van der Waals surface area contributed by atoms with Crippen molar-refractivity contribution < 1.29 is 0 Å². The zero-order valence-corrected chi connectivity index (χ0v) is 7.91. The van der Waals surface area contributed by atoms with Gasteiger partial charge in [0.2, 0.25) is 0 Å².